The van der Waals surface area contributed by atoms with Crippen LogP contribution < -0.4 is 5.32 Å². The predicted molar refractivity (Wildman–Crippen MR) is 86.0 cm³/mol. The number of nitrogens with zero attached hydrogens (tertiary/aromatic N) is 3. The predicted octanol–water partition coefficient (Wildman–Crippen LogP) is 3.62. The highest BCUT2D eigenvalue weighted by Gasteiger charge is 2.12. The molecule has 0 amide bonds. The van der Waals surface area contributed by atoms with E-state index in [2.05, 4.69) is 47.9 Å². The zero-order chi connectivity index (χ0) is 15.0. The normalized spacial score (nSPS) is 11.3. The average Bonchev–Trinajstić information content (AvgIpc) is 2.37. The van der Waals surface area contributed by atoms with Gasteiger partial charge in [-0.15, -0.1) is 0 Å². The second kappa shape index (κ2) is 8.90. The lowest BCUT2D eigenvalue weighted by molar-refractivity contribution is 0.203. The molecular formula is C16H30N4. The van der Waals surface area contributed by atoms with Crippen LogP contribution in [-0.2, 0) is 6.54 Å². The van der Waals surface area contributed by atoms with Crippen molar-refractivity contribution in [2.75, 3.05) is 18.4 Å². The van der Waals surface area contributed by atoms with Gasteiger partial charge in [0.1, 0.15) is 11.6 Å². The van der Waals surface area contributed by atoms with E-state index in [1.807, 2.05) is 13.0 Å². The summed E-state index contributed by atoms with van der Waals surface area (Å²) in [4.78, 5) is 11.6. The highest BCUT2D eigenvalue weighted by Crippen LogP contribution is 2.11. The Labute approximate surface area is 124 Å². The van der Waals surface area contributed by atoms with Crippen molar-refractivity contribution < 1.29 is 0 Å². The van der Waals surface area contributed by atoms with Crippen LogP contribution in [0.3, 0.4) is 0 Å². The fourth-order valence-electron chi connectivity index (χ4n) is 2.24. The van der Waals surface area contributed by atoms with Crippen molar-refractivity contribution in [3.63, 3.8) is 0 Å². The van der Waals surface area contributed by atoms with Gasteiger partial charge in [0, 0.05) is 24.3 Å². The summed E-state index contributed by atoms with van der Waals surface area (Å²) in [5.74, 6) is 1.86. The Morgan fingerprint density at radius 1 is 1.20 bits per heavy atom. The second-order valence-corrected chi connectivity index (χ2v) is 5.61. The van der Waals surface area contributed by atoms with E-state index in [4.69, 9.17) is 0 Å². The molecule has 1 rings (SSSR count). The molecule has 0 saturated heterocycles. The molecule has 0 aliphatic carbocycles. The Hall–Kier alpha value is -1.16. The molecule has 4 nitrogen and oxygen atoms in total. The van der Waals surface area contributed by atoms with Crippen LogP contribution in [0.4, 0.5) is 5.82 Å². The molecule has 114 valence electrons. The number of aryl methyl sites for hydroxylation is 1. The number of hydrogen-bond acceptors (Lipinski definition) is 4. The minimum Gasteiger partial charge on any atom is -0.370 e. The first-order valence-corrected chi connectivity index (χ1v) is 7.89. The average molecular weight is 278 g/mol. The molecule has 0 aromatic carbocycles. The molecule has 0 bridgehead atoms. The fraction of sp³-hybridized carbons (Fsp3) is 0.750. The van der Waals surface area contributed by atoms with Gasteiger partial charge in [-0.25, -0.2) is 9.97 Å². The summed E-state index contributed by atoms with van der Waals surface area (Å²) in [6, 6.07) is 2.53. The largest absolute Gasteiger partial charge is 0.370 e. The van der Waals surface area contributed by atoms with Crippen molar-refractivity contribution in [1.29, 1.82) is 0 Å². The maximum atomic E-state index is 4.61. The van der Waals surface area contributed by atoms with Crippen LogP contribution in [0.15, 0.2) is 6.07 Å². The smallest absolute Gasteiger partial charge is 0.144 e. The molecule has 0 radical (unpaired) electrons. The Bertz CT molecular complexity index is 390. The van der Waals surface area contributed by atoms with E-state index in [0.29, 0.717) is 6.04 Å². The van der Waals surface area contributed by atoms with Crippen molar-refractivity contribution in [3.05, 3.63) is 17.6 Å². The van der Waals surface area contributed by atoms with Gasteiger partial charge in [0.05, 0.1) is 6.54 Å². The van der Waals surface area contributed by atoms with Crippen LogP contribution in [0.5, 0.6) is 0 Å². The number of aromatic nitrogens is 2. The molecular weight excluding hydrogens is 248 g/mol. The van der Waals surface area contributed by atoms with Gasteiger partial charge in [-0.3, -0.25) is 4.90 Å². The number of hydrogen-bond donors (Lipinski definition) is 1. The van der Waals surface area contributed by atoms with Crippen LogP contribution in [-0.4, -0.2) is 34.0 Å². The number of rotatable bonds is 9. The summed E-state index contributed by atoms with van der Waals surface area (Å²) in [7, 11) is 0. The molecule has 0 aliphatic rings. The molecule has 1 aromatic rings. The Kier molecular flexibility index (Phi) is 7.52. The molecule has 0 spiro atoms. The molecule has 4 heteroatoms. The Balaban J connectivity index is 2.71. The van der Waals surface area contributed by atoms with E-state index in [-0.39, 0.29) is 0 Å². The van der Waals surface area contributed by atoms with Crippen molar-refractivity contribution >= 4 is 5.82 Å². The van der Waals surface area contributed by atoms with Crippen molar-refractivity contribution in [3.8, 4) is 0 Å². The molecule has 1 heterocycles. The lowest BCUT2D eigenvalue weighted by Crippen LogP contribution is -2.32. The maximum Gasteiger partial charge on any atom is 0.144 e. The topological polar surface area (TPSA) is 41.1 Å². The molecule has 1 aromatic heterocycles. The fourth-order valence-corrected chi connectivity index (χ4v) is 2.24. The van der Waals surface area contributed by atoms with Gasteiger partial charge in [0.15, 0.2) is 0 Å². The van der Waals surface area contributed by atoms with Gasteiger partial charge in [0.25, 0.3) is 0 Å². The summed E-state index contributed by atoms with van der Waals surface area (Å²) < 4.78 is 0. The van der Waals surface area contributed by atoms with Crippen LogP contribution >= 0.6 is 0 Å². The SMILES string of the molecule is CCCCCN(Cc1nc(C)cc(NCC)n1)C(C)C. The van der Waals surface area contributed by atoms with Gasteiger partial charge in [-0.1, -0.05) is 19.8 Å². The van der Waals surface area contributed by atoms with Crippen LogP contribution in [0.1, 0.15) is 58.5 Å². The first-order chi connectivity index (χ1) is 9.56. The summed E-state index contributed by atoms with van der Waals surface area (Å²) >= 11 is 0. The standard InChI is InChI=1S/C16H30N4/c1-6-8-9-10-20(13(3)4)12-16-18-14(5)11-15(19-16)17-7-2/h11,13H,6-10,12H2,1-5H3,(H,17,18,19). The van der Waals surface area contributed by atoms with Gasteiger partial charge in [-0.2, -0.15) is 0 Å². The molecule has 1 N–H and O–H groups in total. The number of unbranched alkanes of at least 4 members (excludes halogenated alkanes) is 2. The van der Waals surface area contributed by atoms with E-state index in [9.17, 15) is 0 Å². The molecule has 0 atom stereocenters. The summed E-state index contributed by atoms with van der Waals surface area (Å²) in [6.45, 7) is 13.7. The summed E-state index contributed by atoms with van der Waals surface area (Å²) in [5.41, 5.74) is 1.03. The van der Waals surface area contributed by atoms with E-state index >= 15 is 0 Å². The summed E-state index contributed by atoms with van der Waals surface area (Å²) in [5, 5.41) is 3.27. The number of nitrogens with one attached hydrogen (secondary N) is 1. The molecule has 0 aliphatic heterocycles. The minimum absolute atomic E-state index is 0.526. The molecule has 0 fully saturated rings. The lowest BCUT2D eigenvalue weighted by Gasteiger charge is -2.25. The first-order valence-electron chi connectivity index (χ1n) is 7.89. The zero-order valence-electron chi connectivity index (χ0n) is 13.7. The van der Waals surface area contributed by atoms with Crippen molar-refractivity contribution in [1.82, 2.24) is 14.9 Å². The van der Waals surface area contributed by atoms with Crippen molar-refractivity contribution in [2.45, 2.75) is 66.5 Å². The zero-order valence-corrected chi connectivity index (χ0v) is 13.7. The van der Waals surface area contributed by atoms with Crippen LogP contribution in [0.2, 0.25) is 0 Å². The maximum absolute atomic E-state index is 4.61. The molecule has 0 saturated carbocycles. The van der Waals surface area contributed by atoms with E-state index in [0.717, 1.165) is 37.0 Å². The Morgan fingerprint density at radius 3 is 2.55 bits per heavy atom. The van der Waals surface area contributed by atoms with Crippen LogP contribution in [0.25, 0.3) is 0 Å². The quantitative estimate of drug-likeness (QED) is 0.701. The second-order valence-electron chi connectivity index (χ2n) is 5.61. The van der Waals surface area contributed by atoms with Crippen LogP contribution in [0, 0.1) is 6.92 Å². The van der Waals surface area contributed by atoms with Crippen molar-refractivity contribution in [2.24, 2.45) is 0 Å². The van der Waals surface area contributed by atoms with Gasteiger partial charge >= 0.3 is 0 Å². The third kappa shape index (κ3) is 5.87. The van der Waals surface area contributed by atoms with Gasteiger partial charge in [0.2, 0.25) is 0 Å². The first kappa shape index (κ1) is 16.9. The highest BCUT2D eigenvalue weighted by atomic mass is 15.2. The number of anilines is 1. The van der Waals surface area contributed by atoms with E-state index in [1.165, 1.54) is 19.3 Å². The highest BCUT2D eigenvalue weighted by molar-refractivity contribution is 5.35. The van der Waals surface area contributed by atoms with E-state index in [1.54, 1.807) is 0 Å². The Morgan fingerprint density at radius 2 is 1.95 bits per heavy atom. The third-order valence-electron chi connectivity index (χ3n) is 3.38. The summed E-state index contributed by atoms with van der Waals surface area (Å²) in [6.07, 6.45) is 3.80. The molecule has 0 unspecified atom stereocenters. The third-order valence-corrected chi connectivity index (χ3v) is 3.38. The minimum atomic E-state index is 0.526. The monoisotopic (exact) mass is 278 g/mol. The van der Waals surface area contributed by atoms with Gasteiger partial charge < -0.3 is 5.32 Å². The lowest BCUT2D eigenvalue weighted by atomic mass is 10.2. The van der Waals surface area contributed by atoms with E-state index < -0.39 is 0 Å². The van der Waals surface area contributed by atoms with Gasteiger partial charge in [-0.05, 0) is 40.7 Å². The molecule has 20 heavy (non-hydrogen) atoms.